The minimum absolute atomic E-state index is 0.0852. The van der Waals surface area contributed by atoms with Crippen molar-refractivity contribution < 1.29 is 12.8 Å². The second-order valence-electron chi connectivity index (χ2n) is 3.88. The molecule has 0 bridgehead atoms. The van der Waals surface area contributed by atoms with E-state index in [4.69, 9.17) is 5.26 Å². The molecular formula is C11H15FN4O2S. The fraction of sp³-hybridized carbons (Fsp3) is 0.364. The van der Waals surface area contributed by atoms with Gasteiger partial charge < -0.3 is 5.32 Å². The Kier molecular flexibility index (Phi) is 5.23. The number of nitrogens with zero attached hydrogens (tertiary/aromatic N) is 2. The van der Waals surface area contributed by atoms with E-state index in [2.05, 4.69) is 10.0 Å². The van der Waals surface area contributed by atoms with Crippen molar-refractivity contribution in [1.29, 1.82) is 5.26 Å². The summed E-state index contributed by atoms with van der Waals surface area (Å²) in [6.07, 6.45) is 0. The first-order valence-electron chi connectivity index (χ1n) is 5.48. The Balaban J connectivity index is 2.56. The fourth-order valence-electron chi connectivity index (χ4n) is 1.29. The van der Waals surface area contributed by atoms with Gasteiger partial charge in [0, 0.05) is 27.2 Å². The molecule has 1 aromatic rings. The van der Waals surface area contributed by atoms with Crippen molar-refractivity contribution in [3.63, 3.8) is 0 Å². The second-order valence-corrected chi connectivity index (χ2v) is 5.85. The van der Waals surface area contributed by atoms with Crippen LogP contribution in [-0.2, 0) is 10.2 Å². The van der Waals surface area contributed by atoms with Gasteiger partial charge in [-0.15, -0.1) is 0 Å². The van der Waals surface area contributed by atoms with E-state index < -0.39 is 16.0 Å². The lowest BCUT2D eigenvalue weighted by molar-refractivity contribution is 0.507. The van der Waals surface area contributed by atoms with Crippen LogP contribution in [-0.4, -0.2) is 39.9 Å². The molecule has 2 N–H and O–H groups in total. The maximum Gasteiger partial charge on any atom is 0.278 e. The molecule has 1 aromatic carbocycles. The highest BCUT2D eigenvalue weighted by Gasteiger charge is 2.12. The summed E-state index contributed by atoms with van der Waals surface area (Å²) in [6, 6.07) is 5.98. The number of hydrogen-bond acceptors (Lipinski definition) is 4. The molecule has 0 unspecified atom stereocenters. The van der Waals surface area contributed by atoms with E-state index in [0.717, 1.165) is 4.31 Å². The Morgan fingerprint density at radius 3 is 2.63 bits per heavy atom. The largest absolute Gasteiger partial charge is 0.383 e. The number of hydrogen-bond donors (Lipinski definition) is 2. The summed E-state index contributed by atoms with van der Waals surface area (Å²) in [5.41, 5.74) is 0.254. The molecule has 0 heterocycles. The first-order chi connectivity index (χ1) is 8.88. The predicted octanol–water partition coefficient (Wildman–Crippen LogP) is 0.505. The summed E-state index contributed by atoms with van der Waals surface area (Å²) in [5.74, 6) is -0.610. The van der Waals surface area contributed by atoms with E-state index in [0.29, 0.717) is 5.69 Å². The molecule has 1 rings (SSSR count). The van der Waals surface area contributed by atoms with Crippen LogP contribution in [0.2, 0.25) is 0 Å². The standard InChI is InChI=1S/C11H15FN4O2S/c1-16(2)19(17,18)15-7-6-14-11-5-3-4-10(12)9(11)8-13/h3-5,14-15H,6-7H2,1-2H3. The van der Waals surface area contributed by atoms with Crippen molar-refractivity contribution in [2.24, 2.45) is 0 Å². The number of halogens is 1. The van der Waals surface area contributed by atoms with E-state index in [1.165, 1.54) is 26.2 Å². The minimum atomic E-state index is -3.47. The van der Waals surface area contributed by atoms with Crippen molar-refractivity contribution in [3.05, 3.63) is 29.6 Å². The van der Waals surface area contributed by atoms with Crippen molar-refractivity contribution in [3.8, 4) is 6.07 Å². The van der Waals surface area contributed by atoms with Crippen molar-refractivity contribution in [1.82, 2.24) is 9.03 Å². The zero-order chi connectivity index (χ0) is 14.5. The average Bonchev–Trinajstić information content (AvgIpc) is 2.34. The minimum Gasteiger partial charge on any atom is -0.383 e. The Morgan fingerprint density at radius 1 is 1.37 bits per heavy atom. The van der Waals surface area contributed by atoms with Crippen molar-refractivity contribution in [2.45, 2.75) is 0 Å². The van der Waals surface area contributed by atoms with Crippen LogP contribution in [0.3, 0.4) is 0 Å². The molecule has 0 aliphatic heterocycles. The third kappa shape index (κ3) is 4.17. The highest BCUT2D eigenvalue weighted by atomic mass is 32.2. The fourth-order valence-corrected chi connectivity index (χ4v) is 1.91. The summed E-state index contributed by atoms with van der Waals surface area (Å²) < 4.78 is 39.5. The predicted molar refractivity (Wildman–Crippen MR) is 70.2 cm³/mol. The van der Waals surface area contributed by atoms with Gasteiger partial charge in [-0.1, -0.05) is 6.07 Å². The highest BCUT2D eigenvalue weighted by Crippen LogP contribution is 2.17. The van der Waals surface area contributed by atoms with Crippen LogP contribution in [0, 0.1) is 17.1 Å². The van der Waals surface area contributed by atoms with Gasteiger partial charge in [0.25, 0.3) is 10.2 Å². The molecule has 0 radical (unpaired) electrons. The van der Waals surface area contributed by atoms with Gasteiger partial charge in [0.1, 0.15) is 17.4 Å². The molecule has 0 spiro atoms. The van der Waals surface area contributed by atoms with Gasteiger partial charge in [-0.25, -0.2) is 9.11 Å². The molecule has 0 atom stereocenters. The summed E-state index contributed by atoms with van der Waals surface area (Å²) in [5, 5.41) is 11.6. The van der Waals surface area contributed by atoms with Gasteiger partial charge in [0.2, 0.25) is 0 Å². The summed E-state index contributed by atoms with van der Waals surface area (Å²) in [6.45, 7) is 0.368. The van der Waals surface area contributed by atoms with Gasteiger partial charge >= 0.3 is 0 Å². The van der Waals surface area contributed by atoms with E-state index >= 15 is 0 Å². The van der Waals surface area contributed by atoms with Crippen LogP contribution in [0.15, 0.2) is 18.2 Å². The molecule has 0 aliphatic rings. The van der Waals surface area contributed by atoms with Crippen molar-refractivity contribution >= 4 is 15.9 Å². The van der Waals surface area contributed by atoms with E-state index in [9.17, 15) is 12.8 Å². The van der Waals surface area contributed by atoms with Crippen LogP contribution in [0.4, 0.5) is 10.1 Å². The summed E-state index contributed by atoms with van der Waals surface area (Å²) in [4.78, 5) is 0. The Morgan fingerprint density at radius 2 is 2.05 bits per heavy atom. The molecule has 0 amide bonds. The molecule has 0 saturated heterocycles. The number of benzene rings is 1. The zero-order valence-electron chi connectivity index (χ0n) is 10.6. The zero-order valence-corrected chi connectivity index (χ0v) is 11.5. The molecule has 0 aromatic heterocycles. The smallest absolute Gasteiger partial charge is 0.278 e. The molecule has 0 saturated carbocycles. The van der Waals surface area contributed by atoms with Gasteiger partial charge in [-0.3, -0.25) is 0 Å². The monoisotopic (exact) mass is 286 g/mol. The van der Waals surface area contributed by atoms with Crippen LogP contribution >= 0.6 is 0 Å². The lowest BCUT2D eigenvalue weighted by Crippen LogP contribution is -2.38. The number of nitriles is 1. The Bertz CT molecular complexity index is 581. The first-order valence-corrected chi connectivity index (χ1v) is 6.92. The average molecular weight is 286 g/mol. The lowest BCUT2D eigenvalue weighted by atomic mass is 10.2. The van der Waals surface area contributed by atoms with E-state index in [1.807, 2.05) is 0 Å². The molecule has 104 valence electrons. The number of nitrogens with one attached hydrogen (secondary N) is 2. The van der Waals surface area contributed by atoms with E-state index in [-0.39, 0.29) is 18.7 Å². The number of anilines is 1. The molecule has 6 nitrogen and oxygen atoms in total. The first kappa shape index (κ1) is 15.4. The third-order valence-corrected chi connectivity index (χ3v) is 3.86. The summed E-state index contributed by atoms with van der Waals surface area (Å²) >= 11 is 0. The molecular weight excluding hydrogens is 271 g/mol. The van der Waals surface area contributed by atoms with Gasteiger partial charge in [0.15, 0.2) is 0 Å². The molecule has 19 heavy (non-hydrogen) atoms. The van der Waals surface area contributed by atoms with Gasteiger partial charge in [0.05, 0.1) is 5.69 Å². The second kappa shape index (κ2) is 6.47. The van der Waals surface area contributed by atoms with Crippen molar-refractivity contribution in [2.75, 3.05) is 32.5 Å². The molecule has 8 heteroatoms. The van der Waals surface area contributed by atoms with Crippen LogP contribution in [0.5, 0.6) is 0 Å². The maximum atomic E-state index is 13.3. The van der Waals surface area contributed by atoms with E-state index in [1.54, 1.807) is 12.1 Å². The molecule has 0 fully saturated rings. The van der Waals surface area contributed by atoms with Crippen LogP contribution in [0.25, 0.3) is 0 Å². The normalized spacial score (nSPS) is 11.3. The Labute approximate surface area is 112 Å². The van der Waals surface area contributed by atoms with Crippen LogP contribution < -0.4 is 10.0 Å². The van der Waals surface area contributed by atoms with Gasteiger partial charge in [-0.2, -0.15) is 18.0 Å². The topological polar surface area (TPSA) is 85.2 Å². The lowest BCUT2D eigenvalue weighted by Gasteiger charge is -2.13. The number of rotatable bonds is 6. The third-order valence-electron chi connectivity index (χ3n) is 2.33. The quantitative estimate of drug-likeness (QED) is 0.746. The SMILES string of the molecule is CN(C)S(=O)(=O)NCCNc1cccc(F)c1C#N. The summed E-state index contributed by atoms with van der Waals surface area (Å²) in [7, 11) is -0.647. The highest BCUT2D eigenvalue weighted by molar-refractivity contribution is 7.87. The van der Waals surface area contributed by atoms with Crippen LogP contribution in [0.1, 0.15) is 5.56 Å². The molecule has 0 aliphatic carbocycles. The maximum absolute atomic E-state index is 13.3. The van der Waals surface area contributed by atoms with Gasteiger partial charge in [-0.05, 0) is 12.1 Å². The Hall–Kier alpha value is -1.69.